The normalized spacial score (nSPS) is 15.9. The fraction of sp³-hybridized carbons (Fsp3) is 0.111. The topological polar surface area (TPSA) is 84.7 Å². The molecule has 7 nitrogen and oxygen atoms in total. The van der Waals surface area contributed by atoms with Crippen LogP contribution in [0.25, 0.3) is 0 Å². The molecule has 2 aromatic heterocycles. The number of benzene rings is 1. The number of hydrogen-bond acceptors (Lipinski definition) is 5. The summed E-state index contributed by atoms with van der Waals surface area (Å²) in [6, 6.07) is 8.12. The number of rotatable bonds is 3. The largest absolute Gasteiger partial charge is 0.328 e. The maximum atomic E-state index is 13.1. The van der Waals surface area contributed by atoms with Crippen LogP contribution in [0.2, 0.25) is 10.0 Å². The van der Waals surface area contributed by atoms with Crippen molar-refractivity contribution in [2.75, 3.05) is 10.6 Å². The van der Waals surface area contributed by atoms with Gasteiger partial charge in [0, 0.05) is 27.5 Å². The lowest BCUT2D eigenvalue weighted by Crippen LogP contribution is -2.31. The fourth-order valence-corrected chi connectivity index (χ4v) is 3.54. The molecule has 3 aromatic rings. The molecule has 0 spiro atoms. The van der Waals surface area contributed by atoms with Gasteiger partial charge in [-0.3, -0.25) is 9.78 Å². The fourth-order valence-electron chi connectivity index (χ4n) is 3.03. The summed E-state index contributed by atoms with van der Waals surface area (Å²) < 4.78 is 1.63. The van der Waals surface area contributed by atoms with Crippen molar-refractivity contribution >= 4 is 40.7 Å². The van der Waals surface area contributed by atoms with Crippen molar-refractivity contribution in [3.05, 3.63) is 75.9 Å². The van der Waals surface area contributed by atoms with Gasteiger partial charge in [0.1, 0.15) is 12.4 Å². The van der Waals surface area contributed by atoms with Gasteiger partial charge in [-0.15, -0.1) is 0 Å². The SMILES string of the molecule is CC1=C(C(=O)Nc2cccnc2)[C@H](c2ccc(Cl)cc2Cl)n2ncnc2N1. The number of nitrogens with one attached hydrogen (secondary N) is 2. The number of allylic oxidation sites excluding steroid dienone is 1. The second-order valence-electron chi connectivity index (χ2n) is 5.96. The Morgan fingerprint density at radius 3 is 2.89 bits per heavy atom. The average molecular weight is 401 g/mol. The van der Waals surface area contributed by atoms with E-state index >= 15 is 0 Å². The molecule has 2 N–H and O–H groups in total. The van der Waals surface area contributed by atoms with Gasteiger partial charge in [0.15, 0.2) is 0 Å². The molecule has 0 saturated carbocycles. The summed E-state index contributed by atoms with van der Waals surface area (Å²) in [6.45, 7) is 1.81. The van der Waals surface area contributed by atoms with Crippen LogP contribution in [0.4, 0.5) is 11.6 Å². The molecule has 1 aliphatic heterocycles. The molecule has 136 valence electrons. The maximum absolute atomic E-state index is 13.1. The van der Waals surface area contributed by atoms with E-state index in [0.717, 1.165) is 0 Å². The van der Waals surface area contributed by atoms with Gasteiger partial charge in [0.05, 0.1) is 17.5 Å². The van der Waals surface area contributed by atoms with Gasteiger partial charge in [-0.1, -0.05) is 29.3 Å². The highest BCUT2D eigenvalue weighted by Gasteiger charge is 2.34. The summed E-state index contributed by atoms with van der Waals surface area (Å²) >= 11 is 12.5. The van der Waals surface area contributed by atoms with Crippen LogP contribution in [0.1, 0.15) is 18.5 Å². The van der Waals surface area contributed by atoms with E-state index in [9.17, 15) is 4.79 Å². The van der Waals surface area contributed by atoms with Crippen LogP contribution in [0.5, 0.6) is 0 Å². The number of halogens is 2. The van der Waals surface area contributed by atoms with E-state index in [1.165, 1.54) is 6.33 Å². The van der Waals surface area contributed by atoms with Crippen LogP contribution in [-0.4, -0.2) is 25.7 Å². The number of amides is 1. The number of carbonyl (C=O) groups is 1. The van der Waals surface area contributed by atoms with E-state index < -0.39 is 6.04 Å². The van der Waals surface area contributed by atoms with Crippen LogP contribution in [0, 0.1) is 0 Å². The summed E-state index contributed by atoms with van der Waals surface area (Å²) in [6.07, 6.45) is 4.64. The molecular weight excluding hydrogens is 387 g/mol. The van der Waals surface area contributed by atoms with E-state index in [-0.39, 0.29) is 5.91 Å². The second-order valence-corrected chi connectivity index (χ2v) is 6.80. The molecule has 1 atom stereocenters. The van der Waals surface area contributed by atoms with E-state index in [1.807, 2.05) is 6.92 Å². The number of hydrogen-bond donors (Lipinski definition) is 2. The second kappa shape index (κ2) is 7.02. The van der Waals surface area contributed by atoms with Gasteiger partial charge in [-0.25, -0.2) is 4.68 Å². The molecule has 1 amide bonds. The van der Waals surface area contributed by atoms with Crippen LogP contribution >= 0.6 is 23.2 Å². The zero-order valence-electron chi connectivity index (χ0n) is 14.1. The van der Waals surface area contributed by atoms with Gasteiger partial charge >= 0.3 is 0 Å². The third-order valence-electron chi connectivity index (χ3n) is 4.22. The maximum Gasteiger partial charge on any atom is 0.255 e. The van der Waals surface area contributed by atoms with Gasteiger partial charge in [-0.2, -0.15) is 10.1 Å². The van der Waals surface area contributed by atoms with Gasteiger partial charge in [-0.05, 0) is 31.2 Å². The molecule has 0 unspecified atom stereocenters. The molecule has 0 radical (unpaired) electrons. The van der Waals surface area contributed by atoms with Crippen molar-refractivity contribution in [1.82, 2.24) is 19.7 Å². The lowest BCUT2D eigenvalue weighted by molar-refractivity contribution is -0.113. The summed E-state index contributed by atoms with van der Waals surface area (Å²) in [5.41, 5.74) is 2.42. The smallest absolute Gasteiger partial charge is 0.255 e. The van der Waals surface area contributed by atoms with E-state index in [1.54, 1.807) is 47.4 Å². The highest BCUT2D eigenvalue weighted by molar-refractivity contribution is 6.35. The zero-order chi connectivity index (χ0) is 19.0. The lowest BCUT2D eigenvalue weighted by atomic mass is 9.95. The molecule has 27 heavy (non-hydrogen) atoms. The van der Waals surface area contributed by atoms with E-state index in [2.05, 4.69) is 25.7 Å². The third-order valence-corrected chi connectivity index (χ3v) is 4.78. The monoisotopic (exact) mass is 400 g/mol. The standard InChI is InChI=1S/C18H14Cl2N6O/c1-10-15(17(27)25-12-3-2-6-21-8-12)16(26-18(24-10)22-9-23-26)13-5-4-11(19)7-14(13)20/h2-9,16H,1H3,(H,25,27)(H,22,23,24)/t16-/m0/s1. The van der Waals surface area contributed by atoms with E-state index in [0.29, 0.717) is 38.5 Å². The Hall–Kier alpha value is -2.90. The lowest BCUT2D eigenvalue weighted by Gasteiger charge is -2.29. The predicted octanol–water partition coefficient (Wildman–Crippen LogP) is 3.91. The molecule has 1 aromatic carbocycles. The third kappa shape index (κ3) is 3.27. The Kier molecular flexibility index (Phi) is 4.55. The first-order valence-corrected chi connectivity index (χ1v) is 8.84. The first-order valence-electron chi connectivity index (χ1n) is 8.08. The van der Waals surface area contributed by atoms with Crippen molar-refractivity contribution < 1.29 is 4.79 Å². The van der Waals surface area contributed by atoms with Crippen LogP contribution in [0.15, 0.2) is 60.3 Å². The van der Waals surface area contributed by atoms with Crippen LogP contribution in [-0.2, 0) is 4.79 Å². The molecule has 3 heterocycles. The van der Waals surface area contributed by atoms with Gasteiger partial charge < -0.3 is 10.6 Å². The van der Waals surface area contributed by atoms with Crippen LogP contribution < -0.4 is 10.6 Å². The van der Waals surface area contributed by atoms with Crippen LogP contribution in [0.3, 0.4) is 0 Å². The molecule has 1 aliphatic rings. The first-order chi connectivity index (χ1) is 13.0. The number of pyridine rings is 1. The molecular formula is C18H14Cl2N6O. The minimum atomic E-state index is -0.551. The number of carbonyl (C=O) groups excluding carboxylic acids is 1. The summed E-state index contributed by atoms with van der Waals surface area (Å²) in [4.78, 5) is 21.3. The molecule has 4 rings (SSSR count). The molecule has 0 fully saturated rings. The van der Waals surface area contributed by atoms with Crippen molar-refractivity contribution in [3.63, 3.8) is 0 Å². The van der Waals surface area contributed by atoms with Gasteiger partial charge in [0.25, 0.3) is 5.91 Å². The Labute approximate surface area is 165 Å². The quantitative estimate of drug-likeness (QED) is 0.695. The highest BCUT2D eigenvalue weighted by Crippen LogP contribution is 2.38. The summed E-state index contributed by atoms with van der Waals surface area (Å²) in [5.74, 6) is 0.242. The van der Waals surface area contributed by atoms with E-state index in [4.69, 9.17) is 23.2 Å². The van der Waals surface area contributed by atoms with Crippen molar-refractivity contribution in [2.24, 2.45) is 0 Å². The molecule has 0 saturated heterocycles. The minimum Gasteiger partial charge on any atom is -0.328 e. The van der Waals surface area contributed by atoms with Crippen molar-refractivity contribution in [2.45, 2.75) is 13.0 Å². The molecule has 9 heteroatoms. The first kappa shape index (κ1) is 17.5. The number of aromatic nitrogens is 4. The Balaban J connectivity index is 1.81. The Bertz CT molecular complexity index is 1050. The number of nitrogens with zero attached hydrogens (tertiary/aromatic N) is 4. The predicted molar refractivity (Wildman–Crippen MR) is 104 cm³/mol. The summed E-state index contributed by atoms with van der Waals surface area (Å²) in [5, 5.41) is 11.2. The highest BCUT2D eigenvalue weighted by atomic mass is 35.5. The minimum absolute atomic E-state index is 0.287. The zero-order valence-corrected chi connectivity index (χ0v) is 15.7. The molecule has 0 aliphatic carbocycles. The average Bonchev–Trinajstić information content (AvgIpc) is 3.09. The summed E-state index contributed by atoms with van der Waals surface area (Å²) in [7, 11) is 0. The molecule has 0 bridgehead atoms. The number of fused-ring (bicyclic) bond motifs is 1. The van der Waals surface area contributed by atoms with Crippen molar-refractivity contribution in [1.29, 1.82) is 0 Å². The van der Waals surface area contributed by atoms with Gasteiger partial charge in [0.2, 0.25) is 5.95 Å². The Morgan fingerprint density at radius 1 is 1.30 bits per heavy atom. The number of anilines is 2. The van der Waals surface area contributed by atoms with Crippen molar-refractivity contribution in [3.8, 4) is 0 Å². The Morgan fingerprint density at radius 2 is 2.15 bits per heavy atom.